The van der Waals surface area contributed by atoms with Gasteiger partial charge in [0.25, 0.3) is 11.3 Å². The smallest absolute Gasteiger partial charge is 0.273 e. The van der Waals surface area contributed by atoms with Crippen molar-refractivity contribution in [3.63, 3.8) is 0 Å². The minimum absolute atomic E-state index is 0.277. The fraction of sp³-hybridized carbons (Fsp3) is 0.167. The Labute approximate surface area is 135 Å². The van der Waals surface area contributed by atoms with E-state index in [2.05, 4.69) is 52.1 Å². The Morgan fingerprint density at radius 1 is 1.29 bits per heavy atom. The topological polar surface area (TPSA) is 85.2 Å². The van der Waals surface area contributed by atoms with Gasteiger partial charge in [-0.3, -0.25) is 9.78 Å². The van der Waals surface area contributed by atoms with E-state index < -0.39 is 0 Å². The third kappa shape index (κ3) is 2.36. The Balaban J connectivity index is 2.36. The summed E-state index contributed by atoms with van der Waals surface area (Å²) < 4.78 is 8.51. The zero-order valence-corrected chi connectivity index (χ0v) is 14.2. The molecule has 1 aromatic carbocycles. The van der Waals surface area contributed by atoms with Crippen LogP contribution < -0.4 is 10.3 Å². The van der Waals surface area contributed by atoms with Gasteiger partial charge in [0.05, 0.1) is 17.1 Å². The number of halogens is 2. The lowest BCUT2D eigenvalue weighted by Gasteiger charge is -2.09. The van der Waals surface area contributed by atoms with Gasteiger partial charge in [0.15, 0.2) is 5.82 Å². The van der Waals surface area contributed by atoms with E-state index >= 15 is 0 Å². The maximum absolute atomic E-state index is 11.6. The molecule has 0 radical (unpaired) electrons. The van der Waals surface area contributed by atoms with E-state index in [1.165, 1.54) is 4.52 Å². The summed E-state index contributed by atoms with van der Waals surface area (Å²) in [6.07, 6.45) is 0. The Morgan fingerprint density at radius 2 is 2.05 bits per heavy atom. The summed E-state index contributed by atoms with van der Waals surface area (Å²) in [5.41, 5.74) is 0.741. The van der Waals surface area contributed by atoms with Gasteiger partial charge in [0.2, 0.25) is 0 Å². The summed E-state index contributed by atoms with van der Waals surface area (Å²) in [5.74, 6) is 1.36. The first-order valence-electron chi connectivity index (χ1n) is 5.87. The standard InChI is InChI=1S/C12H9Br2N5O2/c1-5-11(20)15-12-17-16-10(19(12)18-5)7-3-6(13)4-8(14)9(7)21-2/h3-4H,1-2H3,(H,15,17,20). The van der Waals surface area contributed by atoms with E-state index in [9.17, 15) is 4.79 Å². The van der Waals surface area contributed by atoms with Crippen LogP contribution in [0.5, 0.6) is 5.75 Å². The average molecular weight is 415 g/mol. The van der Waals surface area contributed by atoms with Crippen molar-refractivity contribution in [2.75, 3.05) is 7.11 Å². The number of hydrogen-bond acceptors (Lipinski definition) is 5. The molecule has 2 heterocycles. The Bertz CT molecular complexity index is 903. The van der Waals surface area contributed by atoms with Crippen molar-refractivity contribution in [2.24, 2.45) is 0 Å². The molecule has 0 atom stereocenters. The highest BCUT2D eigenvalue weighted by atomic mass is 79.9. The molecule has 9 heteroatoms. The molecule has 1 N–H and O–H groups in total. The third-order valence-corrected chi connectivity index (χ3v) is 3.94. The van der Waals surface area contributed by atoms with Crippen molar-refractivity contribution in [2.45, 2.75) is 6.92 Å². The van der Waals surface area contributed by atoms with E-state index in [0.29, 0.717) is 22.8 Å². The molecule has 7 nitrogen and oxygen atoms in total. The van der Waals surface area contributed by atoms with E-state index in [1.807, 2.05) is 12.1 Å². The van der Waals surface area contributed by atoms with Crippen LogP contribution >= 0.6 is 31.9 Å². The largest absolute Gasteiger partial charge is 0.495 e. The summed E-state index contributed by atoms with van der Waals surface area (Å²) >= 11 is 6.87. The first-order chi connectivity index (χ1) is 10.0. The molecular weight excluding hydrogens is 406 g/mol. The highest BCUT2D eigenvalue weighted by Gasteiger charge is 2.18. The van der Waals surface area contributed by atoms with Crippen molar-refractivity contribution < 1.29 is 4.74 Å². The van der Waals surface area contributed by atoms with Crippen LogP contribution in [0, 0.1) is 6.92 Å². The predicted octanol–water partition coefficient (Wildman–Crippen LogP) is 2.32. The molecule has 3 rings (SSSR count). The summed E-state index contributed by atoms with van der Waals surface area (Å²) in [7, 11) is 1.57. The van der Waals surface area contributed by atoms with Crippen LogP contribution in [0.2, 0.25) is 0 Å². The molecule has 108 valence electrons. The number of benzene rings is 1. The normalized spacial score (nSPS) is 11.0. The predicted molar refractivity (Wildman–Crippen MR) is 83.5 cm³/mol. The zero-order valence-electron chi connectivity index (χ0n) is 11.0. The van der Waals surface area contributed by atoms with Crippen molar-refractivity contribution >= 4 is 37.6 Å². The van der Waals surface area contributed by atoms with Gasteiger partial charge in [-0.25, -0.2) is 0 Å². The van der Waals surface area contributed by atoms with E-state index in [-0.39, 0.29) is 11.3 Å². The number of H-pyrrole nitrogens is 1. The number of rotatable bonds is 2. The quantitative estimate of drug-likeness (QED) is 0.695. The molecule has 3 aromatic rings. The molecule has 0 bridgehead atoms. The second-order valence-corrected chi connectivity index (χ2v) is 6.04. The van der Waals surface area contributed by atoms with Gasteiger partial charge < -0.3 is 4.74 Å². The van der Waals surface area contributed by atoms with Gasteiger partial charge in [-0.1, -0.05) is 15.9 Å². The minimum Gasteiger partial charge on any atom is -0.495 e. The first kappa shape index (κ1) is 14.2. The number of aromatic nitrogens is 5. The number of methoxy groups -OCH3 is 1. The van der Waals surface area contributed by atoms with Crippen LogP contribution in [-0.4, -0.2) is 31.9 Å². The molecule has 0 unspecified atom stereocenters. The molecule has 0 saturated carbocycles. The second-order valence-electron chi connectivity index (χ2n) is 4.27. The lowest BCUT2D eigenvalue weighted by Crippen LogP contribution is -2.15. The molecule has 2 aromatic heterocycles. The minimum atomic E-state index is -0.288. The van der Waals surface area contributed by atoms with Gasteiger partial charge in [-0.05, 0) is 35.0 Å². The SMILES string of the molecule is COc1c(Br)cc(Br)cc1-c1nnc2[nH]c(=O)c(C)nn12. The lowest BCUT2D eigenvalue weighted by atomic mass is 10.2. The highest BCUT2D eigenvalue weighted by molar-refractivity contribution is 9.11. The van der Waals surface area contributed by atoms with Crippen molar-refractivity contribution in [3.8, 4) is 17.1 Å². The molecule has 0 spiro atoms. The van der Waals surface area contributed by atoms with Crippen molar-refractivity contribution in [1.29, 1.82) is 0 Å². The maximum atomic E-state index is 11.6. The molecule has 0 aliphatic rings. The number of nitrogens with zero attached hydrogens (tertiary/aromatic N) is 4. The molecule has 21 heavy (non-hydrogen) atoms. The van der Waals surface area contributed by atoms with Crippen LogP contribution in [0.3, 0.4) is 0 Å². The Kier molecular flexibility index (Phi) is 3.54. The van der Waals surface area contributed by atoms with Crippen LogP contribution in [0.4, 0.5) is 0 Å². The fourth-order valence-electron chi connectivity index (χ4n) is 1.94. The highest BCUT2D eigenvalue weighted by Crippen LogP contribution is 2.38. The number of aromatic amines is 1. The van der Waals surface area contributed by atoms with Gasteiger partial charge in [0, 0.05) is 4.47 Å². The number of hydrogen-bond donors (Lipinski definition) is 1. The lowest BCUT2D eigenvalue weighted by molar-refractivity contribution is 0.413. The summed E-state index contributed by atoms with van der Waals surface area (Å²) in [4.78, 5) is 14.2. The Morgan fingerprint density at radius 3 is 2.76 bits per heavy atom. The van der Waals surface area contributed by atoms with E-state index in [4.69, 9.17) is 4.74 Å². The Hall–Kier alpha value is -1.74. The maximum Gasteiger partial charge on any atom is 0.273 e. The van der Waals surface area contributed by atoms with Gasteiger partial charge in [0.1, 0.15) is 11.4 Å². The number of nitrogens with one attached hydrogen (secondary N) is 1. The molecule has 0 fully saturated rings. The second kappa shape index (κ2) is 5.23. The molecule has 0 amide bonds. The van der Waals surface area contributed by atoms with Crippen LogP contribution in [0.25, 0.3) is 17.2 Å². The summed E-state index contributed by atoms with van der Waals surface area (Å²) in [6.45, 7) is 1.62. The van der Waals surface area contributed by atoms with E-state index in [1.54, 1.807) is 14.0 Å². The first-order valence-corrected chi connectivity index (χ1v) is 7.45. The summed E-state index contributed by atoms with van der Waals surface area (Å²) in [6, 6.07) is 3.72. The van der Waals surface area contributed by atoms with Crippen molar-refractivity contribution in [3.05, 3.63) is 37.1 Å². The van der Waals surface area contributed by atoms with E-state index in [0.717, 1.165) is 8.95 Å². The molecule has 0 saturated heterocycles. The van der Waals surface area contributed by atoms with Crippen LogP contribution in [-0.2, 0) is 0 Å². The fourth-order valence-corrected chi connectivity index (χ4v) is 3.33. The van der Waals surface area contributed by atoms with Gasteiger partial charge >= 0.3 is 0 Å². The summed E-state index contributed by atoms with van der Waals surface area (Å²) in [5, 5.41) is 12.2. The zero-order chi connectivity index (χ0) is 15.1. The average Bonchev–Trinajstić information content (AvgIpc) is 2.81. The van der Waals surface area contributed by atoms with Crippen LogP contribution in [0.1, 0.15) is 5.69 Å². The van der Waals surface area contributed by atoms with Gasteiger partial charge in [-0.2, -0.15) is 9.61 Å². The number of aryl methyl sites for hydroxylation is 1. The van der Waals surface area contributed by atoms with Crippen molar-refractivity contribution in [1.82, 2.24) is 24.8 Å². The molecule has 0 aliphatic heterocycles. The van der Waals surface area contributed by atoms with Crippen LogP contribution in [0.15, 0.2) is 25.9 Å². The molecular formula is C12H9Br2N5O2. The number of fused-ring (bicyclic) bond motifs is 1. The number of ether oxygens (including phenoxy) is 1. The third-order valence-electron chi connectivity index (χ3n) is 2.90. The van der Waals surface area contributed by atoms with Gasteiger partial charge in [-0.15, -0.1) is 10.2 Å². The monoisotopic (exact) mass is 413 g/mol. The molecule has 0 aliphatic carbocycles.